The monoisotopic (exact) mass is 357 g/mol. The van der Waals surface area contributed by atoms with Gasteiger partial charge in [0.25, 0.3) is 0 Å². The van der Waals surface area contributed by atoms with Gasteiger partial charge in [0, 0.05) is 38.2 Å². The third-order valence-electron chi connectivity index (χ3n) is 3.74. The minimum atomic E-state index is -3.44. The molecule has 0 saturated carbocycles. The quantitative estimate of drug-likeness (QED) is 0.909. The van der Waals surface area contributed by atoms with Gasteiger partial charge in [-0.2, -0.15) is 4.31 Å². The van der Waals surface area contributed by atoms with Crippen LogP contribution in [0, 0.1) is 6.92 Å². The van der Waals surface area contributed by atoms with E-state index in [0.29, 0.717) is 36.1 Å². The molecule has 0 aliphatic carbocycles. The van der Waals surface area contributed by atoms with Gasteiger partial charge in [-0.25, -0.2) is 13.4 Å². The van der Waals surface area contributed by atoms with Crippen LogP contribution in [0.15, 0.2) is 39.8 Å². The number of nitrogens with zero attached hydrogens (tertiary/aromatic N) is 2. The first-order valence-electron chi connectivity index (χ1n) is 7.23. The first-order chi connectivity index (χ1) is 10.5. The zero-order valence-electron chi connectivity index (χ0n) is 13.0. The fraction of sp³-hybridized carbons (Fsp3) is 0.400. The lowest BCUT2D eigenvalue weighted by molar-refractivity contribution is 0.310. The van der Waals surface area contributed by atoms with Gasteiger partial charge in [0.2, 0.25) is 10.0 Å². The smallest absolute Gasteiger partial charge is 0.243 e. The second kappa shape index (κ2) is 7.00. The molecule has 1 aliphatic heterocycles. The molecule has 0 spiro atoms. The summed E-state index contributed by atoms with van der Waals surface area (Å²) in [6, 6.07) is 6.94. The Morgan fingerprint density at radius 3 is 2.57 bits per heavy atom. The average molecular weight is 358 g/mol. The molecule has 1 unspecified atom stereocenters. The third-order valence-corrected chi connectivity index (χ3v) is 5.62. The molecule has 2 heterocycles. The third kappa shape index (κ3) is 3.74. The first kappa shape index (κ1) is 17.9. The summed E-state index contributed by atoms with van der Waals surface area (Å²) >= 11 is 0. The number of hydrogen-bond donors (Lipinski definition) is 1. The predicted octanol–water partition coefficient (Wildman–Crippen LogP) is 2.05. The molecule has 6 nitrogen and oxygen atoms in total. The zero-order chi connectivity index (χ0) is 15.7. The lowest BCUT2D eigenvalue weighted by atomic mass is 10.2. The van der Waals surface area contributed by atoms with Crippen molar-refractivity contribution >= 4 is 22.4 Å². The Hall–Kier alpha value is -1.41. The largest absolute Gasteiger partial charge is 0.449 e. The Morgan fingerprint density at radius 1 is 1.30 bits per heavy atom. The van der Waals surface area contributed by atoms with E-state index in [0.717, 1.165) is 5.56 Å². The van der Waals surface area contributed by atoms with Gasteiger partial charge in [0.15, 0.2) is 5.89 Å². The maximum Gasteiger partial charge on any atom is 0.243 e. The maximum absolute atomic E-state index is 12.6. The van der Waals surface area contributed by atoms with Gasteiger partial charge < -0.3 is 9.73 Å². The van der Waals surface area contributed by atoms with Crippen LogP contribution in [-0.2, 0) is 10.0 Å². The Labute approximate surface area is 142 Å². The van der Waals surface area contributed by atoms with Crippen molar-refractivity contribution in [2.24, 2.45) is 0 Å². The SMILES string of the molecule is Cc1nc(-c2ccc(S(=O)(=O)N3CCNC(C)C3)cc2)co1.Cl. The molecular weight excluding hydrogens is 338 g/mol. The number of sulfonamides is 1. The van der Waals surface area contributed by atoms with Crippen LogP contribution in [0.2, 0.25) is 0 Å². The van der Waals surface area contributed by atoms with Crippen molar-refractivity contribution in [2.75, 3.05) is 19.6 Å². The van der Waals surface area contributed by atoms with E-state index >= 15 is 0 Å². The van der Waals surface area contributed by atoms with Gasteiger partial charge in [0.1, 0.15) is 12.0 Å². The molecule has 23 heavy (non-hydrogen) atoms. The highest BCUT2D eigenvalue weighted by molar-refractivity contribution is 7.89. The molecule has 1 atom stereocenters. The highest BCUT2D eigenvalue weighted by Crippen LogP contribution is 2.23. The van der Waals surface area contributed by atoms with E-state index in [1.165, 1.54) is 4.31 Å². The number of oxazole rings is 1. The number of halogens is 1. The highest BCUT2D eigenvalue weighted by Gasteiger charge is 2.28. The van der Waals surface area contributed by atoms with Crippen molar-refractivity contribution in [2.45, 2.75) is 24.8 Å². The van der Waals surface area contributed by atoms with Crippen LogP contribution in [0.25, 0.3) is 11.3 Å². The van der Waals surface area contributed by atoms with Crippen molar-refractivity contribution in [1.82, 2.24) is 14.6 Å². The number of nitrogens with one attached hydrogen (secondary N) is 1. The van der Waals surface area contributed by atoms with Gasteiger partial charge >= 0.3 is 0 Å². The molecule has 1 saturated heterocycles. The van der Waals surface area contributed by atoms with Crippen molar-refractivity contribution in [3.05, 3.63) is 36.4 Å². The number of hydrogen-bond acceptors (Lipinski definition) is 5. The molecule has 0 bridgehead atoms. The molecule has 1 N–H and O–H groups in total. The average Bonchev–Trinajstić information content (AvgIpc) is 2.94. The zero-order valence-corrected chi connectivity index (χ0v) is 14.7. The summed E-state index contributed by atoms with van der Waals surface area (Å²) < 4.78 is 32.0. The lowest BCUT2D eigenvalue weighted by Gasteiger charge is -2.31. The molecule has 1 aromatic carbocycles. The standard InChI is InChI=1S/C15H19N3O3S.ClH/c1-11-9-18(8-7-16-11)22(19,20)14-5-3-13(4-6-14)15-10-21-12(2)17-15;/h3-6,10-11,16H,7-9H2,1-2H3;1H. The second-order valence-electron chi connectivity index (χ2n) is 5.49. The van der Waals surface area contributed by atoms with Crippen LogP contribution < -0.4 is 5.32 Å². The summed E-state index contributed by atoms with van der Waals surface area (Å²) in [6.07, 6.45) is 1.57. The molecule has 1 aromatic heterocycles. The predicted molar refractivity (Wildman–Crippen MR) is 90.1 cm³/mol. The molecule has 0 amide bonds. The number of aromatic nitrogens is 1. The summed E-state index contributed by atoms with van der Waals surface area (Å²) in [6.45, 7) is 5.42. The van der Waals surface area contributed by atoms with Crippen LogP contribution in [0.1, 0.15) is 12.8 Å². The lowest BCUT2D eigenvalue weighted by Crippen LogP contribution is -2.51. The van der Waals surface area contributed by atoms with Crippen LogP contribution in [0.3, 0.4) is 0 Å². The van der Waals surface area contributed by atoms with Gasteiger partial charge in [-0.1, -0.05) is 12.1 Å². The molecular formula is C15H20ClN3O3S. The molecule has 0 radical (unpaired) electrons. The van der Waals surface area contributed by atoms with Crippen LogP contribution in [-0.4, -0.2) is 43.4 Å². The Bertz CT molecular complexity index is 759. The second-order valence-corrected chi connectivity index (χ2v) is 7.43. The van der Waals surface area contributed by atoms with Crippen LogP contribution >= 0.6 is 12.4 Å². The topological polar surface area (TPSA) is 75.4 Å². The van der Waals surface area contributed by atoms with Gasteiger partial charge in [-0.3, -0.25) is 0 Å². The van der Waals surface area contributed by atoms with Crippen molar-refractivity contribution in [3.8, 4) is 11.3 Å². The molecule has 2 aromatic rings. The summed E-state index contributed by atoms with van der Waals surface area (Å²) in [5.41, 5.74) is 1.54. The molecule has 1 aliphatic rings. The fourth-order valence-electron chi connectivity index (χ4n) is 2.56. The summed E-state index contributed by atoms with van der Waals surface area (Å²) in [7, 11) is -3.44. The molecule has 8 heteroatoms. The van der Waals surface area contributed by atoms with Crippen LogP contribution in [0.4, 0.5) is 0 Å². The number of benzene rings is 1. The highest BCUT2D eigenvalue weighted by atomic mass is 35.5. The van der Waals surface area contributed by atoms with Gasteiger partial charge in [-0.15, -0.1) is 12.4 Å². The van der Waals surface area contributed by atoms with Crippen LogP contribution in [0.5, 0.6) is 0 Å². The normalized spacial score (nSPS) is 19.3. The van der Waals surface area contributed by atoms with E-state index < -0.39 is 10.0 Å². The van der Waals surface area contributed by atoms with Gasteiger partial charge in [-0.05, 0) is 19.1 Å². The van der Waals surface area contributed by atoms with Crippen molar-refractivity contribution < 1.29 is 12.8 Å². The van der Waals surface area contributed by atoms with E-state index in [2.05, 4.69) is 10.3 Å². The summed E-state index contributed by atoms with van der Waals surface area (Å²) in [5, 5.41) is 3.24. The number of aryl methyl sites for hydroxylation is 1. The summed E-state index contributed by atoms with van der Waals surface area (Å²) in [5.74, 6) is 0.585. The Morgan fingerprint density at radius 2 is 2.00 bits per heavy atom. The van der Waals surface area contributed by atoms with Gasteiger partial charge in [0.05, 0.1) is 4.90 Å². The van der Waals surface area contributed by atoms with E-state index in [9.17, 15) is 8.42 Å². The maximum atomic E-state index is 12.6. The fourth-order valence-corrected chi connectivity index (χ4v) is 4.09. The number of piperazine rings is 1. The molecule has 126 valence electrons. The Kier molecular flexibility index (Phi) is 5.46. The van der Waals surface area contributed by atoms with E-state index in [1.54, 1.807) is 37.5 Å². The van der Waals surface area contributed by atoms with E-state index in [1.807, 2.05) is 6.92 Å². The van der Waals surface area contributed by atoms with E-state index in [4.69, 9.17) is 4.42 Å². The Balaban J connectivity index is 0.00000192. The number of rotatable bonds is 3. The first-order valence-corrected chi connectivity index (χ1v) is 8.67. The van der Waals surface area contributed by atoms with Crippen molar-refractivity contribution in [3.63, 3.8) is 0 Å². The molecule has 3 rings (SSSR count). The summed E-state index contributed by atoms with van der Waals surface area (Å²) in [4.78, 5) is 4.55. The minimum Gasteiger partial charge on any atom is -0.449 e. The molecule has 1 fully saturated rings. The van der Waals surface area contributed by atoms with E-state index in [-0.39, 0.29) is 18.4 Å². The van der Waals surface area contributed by atoms with Crippen molar-refractivity contribution in [1.29, 1.82) is 0 Å². The minimum absolute atomic E-state index is 0.